The van der Waals surface area contributed by atoms with Crippen molar-refractivity contribution in [2.24, 2.45) is 0 Å². The summed E-state index contributed by atoms with van der Waals surface area (Å²) in [5.74, 6) is -1.12. The fourth-order valence-electron chi connectivity index (χ4n) is 2.54. The lowest BCUT2D eigenvalue weighted by Gasteiger charge is -2.12. The fraction of sp³-hybridized carbons (Fsp3) is 0.211. The van der Waals surface area contributed by atoms with E-state index in [1.807, 2.05) is 11.4 Å². The van der Waals surface area contributed by atoms with Crippen LogP contribution in [0.2, 0.25) is 5.02 Å². The summed E-state index contributed by atoms with van der Waals surface area (Å²) in [6, 6.07) is 7.84. The monoisotopic (exact) mass is 438 g/mol. The molecule has 28 heavy (non-hydrogen) atoms. The molecule has 5 nitrogen and oxygen atoms in total. The van der Waals surface area contributed by atoms with E-state index in [-0.39, 0.29) is 29.5 Å². The number of aryl methyl sites for hydroxylation is 1. The largest absolute Gasteiger partial charge is 0.354 e. The van der Waals surface area contributed by atoms with Crippen molar-refractivity contribution in [1.82, 2.24) is 10.2 Å². The van der Waals surface area contributed by atoms with Crippen LogP contribution in [0, 0.1) is 5.82 Å². The second-order valence-corrected chi connectivity index (χ2v) is 8.36. The average Bonchev–Trinajstić information content (AvgIpc) is 3.19. The molecule has 9 heteroatoms. The highest BCUT2D eigenvalue weighted by molar-refractivity contribution is 8.18. The summed E-state index contributed by atoms with van der Waals surface area (Å²) in [4.78, 5) is 38.6. The van der Waals surface area contributed by atoms with Gasteiger partial charge in [-0.15, -0.1) is 11.3 Å². The number of nitrogens with zero attached hydrogens (tertiary/aromatic N) is 1. The molecule has 1 aromatic heterocycles. The molecule has 1 N–H and O–H groups in total. The van der Waals surface area contributed by atoms with Gasteiger partial charge in [0.25, 0.3) is 11.1 Å². The van der Waals surface area contributed by atoms with Crippen LogP contribution in [0.15, 0.2) is 40.6 Å². The van der Waals surface area contributed by atoms with E-state index in [1.54, 1.807) is 12.1 Å². The smallest absolute Gasteiger partial charge is 0.293 e. The Morgan fingerprint density at radius 2 is 2.07 bits per heavy atom. The zero-order chi connectivity index (χ0) is 20.1. The van der Waals surface area contributed by atoms with Gasteiger partial charge in [0.05, 0.1) is 9.93 Å². The minimum absolute atomic E-state index is 0.0653. The minimum atomic E-state index is -0.485. The second kappa shape index (κ2) is 9.36. The molecule has 2 heterocycles. The first-order valence-corrected chi connectivity index (χ1v) is 10.5. The van der Waals surface area contributed by atoms with Crippen molar-refractivity contribution in [3.63, 3.8) is 0 Å². The Morgan fingerprint density at radius 3 is 2.79 bits per heavy atom. The molecule has 0 radical (unpaired) electrons. The van der Waals surface area contributed by atoms with E-state index in [0.29, 0.717) is 17.9 Å². The third-order valence-corrected chi connectivity index (χ3v) is 6.19. The lowest BCUT2D eigenvalue weighted by atomic mass is 10.2. The number of benzene rings is 1. The number of carbonyl (C=O) groups excluding carboxylic acids is 3. The zero-order valence-corrected chi connectivity index (χ0v) is 17.0. The molecule has 0 aliphatic carbocycles. The van der Waals surface area contributed by atoms with Gasteiger partial charge in [0.1, 0.15) is 5.82 Å². The van der Waals surface area contributed by atoms with Crippen LogP contribution in [0.4, 0.5) is 9.18 Å². The maximum atomic E-state index is 13.7. The Bertz CT molecular complexity index is 945. The average molecular weight is 439 g/mol. The first-order valence-electron chi connectivity index (χ1n) is 8.43. The Balaban J connectivity index is 1.49. The van der Waals surface area contributed by atoms with Gasteiger partial charge in [-0.2, -0.15) is 0 Å². The first kappa shape index (κ1) is 20.6. The molecule has 0 saturated carbocycles. The van der Waals surface area contributed by atoms with E-state index in [9.17, 15) is 18.8 Å². The van der Waals surface area contributed by atoms with Gasteiger partial charge in [-0.1, -0.05) is 29.8 Å². The van der Waals surface area contributed by atoms with Crippen molar-refractivity contribution in [3.05, 3.63) is 61.9 Å². The van der Waals surface area contributed by atoms with Crippen LogP contribution in [0.3, 0.4) is 0 Å². The Morgan fingerprint density at radius 1 is 1.29 bits per heavy atom. The SMILES string of the molecule is O=C(CCc1cc(Cl)cs1)NCCN1C(=O)S/C(=C/c2ccccc2F)C1=O. The van der Waals surface area contributed by atoms with Crippen LogP contribution >= 0.6 is 34.7 Å². The standard InChI is InChI=1S/C19H16ClFN2O3S2/c20-13-10-14(27-11-13)5-6-17(24)22-7-8-23-18(25)16(28-19(23)26)9-12-3-1-2-4-15(12)21/h1-4,9-11H,5-8H2,(H,22,24)/b16-9+. The summed E-state index contributed by atoms with van der Waals surface area (Å²) in [7, 11) is 0. The molecule has 3 rings (SSSR count). The third kappa shape index (κ3) is 5.21. The number of thiophene rings is 1. The van der Waals surface area contributed by atoms with Gasteiger partial charge in [-0.3, -0.25) is 19.3 Å². The summed E-state index contributed by atoms with van der Waals surface area (Å²) < 4.78 is 13.7. The number of thioether (sulfide) groups is 1. The third-order valence-electron chi connectivity index (χ3n) is 3.94. The number of amides is 3. The van der Waals surface area contributed by atoms with Crippen LogP contribution in [-0.2, 0) is 16.0 Å². The van der Waals surface area contributed by atoms with E-state index in [2.05, 4.69) is 5.32 Å². The molecule has 146 valence electrons. The lowest BCUT2D eigenvalue weighted by Crippen LogP contribution is -2.37. The maximum Gasteiger partial charge on any atom is 0.293 e. The van der Waals surface area contributed by atoms with Crippen molar-refractivity contribution in [1.29, 1.82) is 0 Å². The Labute approximate surface area is 174 Å². The molecule has 0 spiro atoms. The molecule has 1 aromatic carbocycles. The number of hydrogen-bond donors (Lipinski definition) is 1. The topological polar surface area (TPSA) is 66.5 Å². The summed E-state index contributed by atoms with van der Waals surface area (Å²) >= 11 is 8.10. The molecule has 2 aromatic rings. The highest BCUT2D eigenvalue weighted by Crippen LogP contribution is 2.32. The predicted octanol–water partition coefficient (Wildman–Crippen LogP) is 4.33. The van der Waals surface area contributed by atoms with Crippen LogP contribution in [-0.4, -0.2) is 35.0 Å². The summed E-state index contributed by atoms with van der Waals surface area (Å²) in [5, 5.41) is 4.73. The summed E-state index contributed by atoms with van der Waals surface area (Å²) in [6.45, 7) is 0.227. The van der Waals surface area contributed by atoms with E-state index in [0.717, 1.165) is 21.5 Å². The number of nitrogens with one attached hydrogen (secondary N) is 1. The molecular formula is C19H16ClFN2O3S2. The molecule has 1 fully saturated rings. The van der Waals surface area contributed by atoms with Gasteiger partial charge >= 0.3 is 0 Å². The Kier molecular flexibility index (Phi) is 6.88. The van der Waals surface area contributed by atoms with E-state index in [4.69, 9.17) is 11.6 Å². The van der Waals surface area contributed by atoms with Crippen LogP contribution in [0.25, 0.3) is 6.08 Å². The van der Waals surface area contributed by atoms with Crippen LogP contribution in [0.1, 0.15) is 16.9 Å². The fourth-order valence-corrected chi connectivity index (χ4v) is 4.48. The van der Waals surface area contributed by atoms with Crippen molar-refractivity contribution in [2.75, 3.05) is 13.1 Å². The van der Waals surface area contributed by atoms with E-state index >= 15 is 0 Å². The van der Waals surface area contributed by atoms with Gasteiger partial charge in [0.2, 0.25) is 5.91 Å². The number of halogens is 2. The van der Waals surface area contributed by atoms with Crippen molar-refractivity contribution < 1.29 is 18.8 Å². The van der Waals surface area contributed by atoms with E-state index < -0.39 is 17.0 Å². The number of carbonyl (C=O) groups is 3. The van der Waals surface area contributed by atoms with Crippen molar-refractivity contribution in [3.8, 4) is 0 Å². The molecule has 0 bridgehead atoms. The van der Waals surface area contributed by atoms with E-state index in [1.165, 1.54) is 29.5 Å². The number of rotatable bonds is 7. The summed E-state index contributed by atoms with van der Waals surface area (Å²) in [6.07, 6.45) is 2.24. The predicted molar refractivity (Wildman–Crippen MR) is 110 cm³/mol. The number of imide groups is 1. The first-order chi connectivity index (χ1) is 13.4. The zero-order valence-electron chi connectivity index (χ0n) is 14.6. The molecule has 1 aliphatic heterocycles. The van der Waals surface area contributed by atoms with Crippen LogP contribution < -0.4 is 5.32 Å². The normalized spacial score (nSPS) is 15.5. The molecule has 0 atom stereocenters. The Hall–Kier alpha value is -2.16. The van der Waals surface area contributed by atoms with Gasteiger partial charge in [0, 0.05) is 35.3 Å². The molecule has 0 unspecified atom stereocenters. The molecule has 1 aliphatic rings. The molecular weight excluding hydrogens is 423 g/mol. The lowest BCUT2D eigenvalue weighted by molar-refractivity contribution is -0.124. The van der Waals surface area contributed by atoms with Crippen molar-refractivity contribution in [2.45, 2.75) is 12.8 Å². The second-order valence-electron chi connectivity index (χ2n) is 5.94. The maximum absolute atomic E-state index is 13.7. The van der Waals surface area contributed by atoms with Crippen molar-refractivity contribution >= 4 is 57.8 Å². The molecule has 3 amide bonds. The highest BCUT2D eigenvalue weighted by Gasteiger charge is 2.34. The van der Waals surface area contributed by atoms with Gasteiger partial charge in [-0.25, -0.2) is 4.39 Å². The number of hydrogen-bond acceptors (Lipinski definition) is 5. The molecule has 1 saturated heterocycles. The summed E-state index contributed by atoms with van der Waals surface area (Å²) in [5.41, 5.74) is 0.245. The van der Waals surface area contributed by atoms with Gasteiger partial charge in [-0.05, 0) is 36.4 Å². The quantitative estimate of drug-likeness (QED) is 0.653. The highest BCUT2D eigenvalue weighted by atomic mass is 35.5. The van der Waals surface area contributed by atoms with Gasteiger partial charge < -0.3 is 5.32 Å². The minimum Gasteiger partial charge on any atom is -0.354 e. The van der Waals surface area contributed by atoms with Crippen LogP contribution in [0.5, 0.6) is 0 Å². The van der Waals surface area contributed by atoms with Gasteiger partial charge in [0.15, 0.2) is 0 Å².